The fourth-order valence-electron chi connectivity index (χ4n) is 2.84. The van der Waals surface area contributed by atoms with Crippen LogP contribution >= 0.6 is 0 Å². The van der Waals surface area contributed by atoms with E-state index >= 15 is 0 Å². The van der Waals surface area contributed by atoms with Crippen LogP contribution in [0.3, 0.4) is 0 Å². The van der Waals surface area contributed by atoms with Gasteiger partial charge in [0.1, 0.15) is 5.41 Å². The highest BCUT2D eigenvalue weighted by atomic mass is 16.5. The van der Waals surface area contributed by atoms with Gasteiger partial charge in [-0.25, -0.2) is 4.79 Å². The number of esters is 1. The molecule has 0 aliphatic heterocycles. The number of nitrogens with one attached hydrogen (secondary N) is 2. The number of methoxy groups -OCH3 is 1. The molecule has 3 rings (SSSR count). The van der Waals surface area contributed by atoms with Crippen LogP contribution in [0.15, 0.2) is 48.5 Å². The van der Waals surface area contributed by atoms with Gasteiger partial charge in [0, 0.05) is 16.9 Å². The molecule has 2 aromatic rings. The maximum Gasteiger partial charge on any atom is 0.337 e. The summed E-state index contributed by atoms with van der Waals surface area (Å²) in [4.78, 5) is 48.5. The number of rotatable bonds is 6. The SMILES string of the molecule is COC(=O)c1cccc(NC(=O)C2(C(=O)Nc3cccc(C(C)=O)c3)CC2)c1. The maximum absolute atomic E-state index is 12.7. The molecule has 1 aliphatic rings. The van der Waals surface area contributed by atoms with Crippen LogP contribution < -0.4 is 10.6 Å². The van der Waals surface area contributed by atoms with E-state index in [4.69, 9.17) is 0 Å². The molecule has 28 heavy (non-hydrogen) atoms. The topological polar surface area (TPSA) is 102 Å². The lowest BCUT2D eigenvalue weighted by molar-refractivity contribution is -0.131. The lowest BCUT2D eigenvalue weighted by Gasteiger charge is -2.16. The Morgan fingerprint density at radius 2 is 1.36 bits per heavy atom. The molecule has 0 unspecified atom stereocenters. The van der Waals surface area contributed by atoms with Crippen molar-refractivity contribution in [2.24, 2.45) is 5.41 Å². The molecular weight excluding hydrogens is 360 g/mol. The van der Waals surface area contributed by atoms with E-state index in [0.717, 1.165) is 0 Å². The van der Waals surface area contributed by atoms with Gasteiger partial charge in [0.25, 0.3) is 0 Å². The smallest absolute Gasteiger partial charge is 0.337 e. The first-order chi connectivity index (χ1) is 13.4. The van der Waals surface area contributed by atoms with Crippen molar-refractivity contribution in [3.8, 4) is 0 Å². The van der Waals surface area contributed by atoms with Crippen molar-refractivity contribution < 1.29 is 23.9 Å². The molecule has 0 spiro atoms. The van der Waals surface area contributed by atoms with Crippen LogP contribution in [0.2, 0.25) is 0 Å². The van der Waals surface area contributed by atoms with Crippen molar-refractivity contribution in [3.05, 3.63) is 59.7 Å². The first-order valence-corrected chi connectivity index (χ1v) is 8.78. The molecule has 1 aliphatic carbocycles. The van der Waals surface area contributed by atoms with E-state index in [9.17, 15) is 19.2 Å². The number of amides is 2. The number of ketones is 1. The highest BCUT2D eigenvalue weighted by molar-refractivity contribution is 6.17. The van der Waals surface area contributed by atoms with Gasteiger partial charge in [0.15, 0.2) is 5.78 Å². The van der Waals surface area contributed by atoms with Gasteiger partial charge in [-0.15, -0.1) is 0 Å². The van der Waals surface area contributed by atoms with Gasteiger partial charge in [-0.05, 0) is 50.1 Å². The van der Waals surface area contributed by atoms with Crippen LogP contribution in [-0.4, -0.2) is 30.7 Å². The summed E-state index contributed by atoms with van der Waals surface area (Å²) >= 11 is 0. The summed E-state index contributed by atoms with van der Waals surface area (Å²) in [5.41, 5.74) is 0.491. The van der Waals surface area contributed by atoms with Gasteiger partial charge in [0.2, 0.25) is 11.8 Å². The Morgan fingerprint density at radius 1 is 0.857 bits per heavy atom. The summed E-state index contributed by atoms with van der Waals surface area (Å²) < 4.78 is 4.67. The lowest BCUT2D eigenvalue weighted by Crippen LogP contribution is -2.35. The van der Waals surface area contributed by atoms with Gasteiger partial charge >= 0.3 is 5.97 Å². The van der Waals surface area contributed by atoms with Crippen LogP contribution in [0.5, 0.6) is 0 Å². The number of anilines is 2. The largest absolute Gasteiger partial charge is 0.465 e. The average molecular weight is 380 g/mol. The molecule has 7 nitrogen and oxygen atoms in total. The zero-order valence-corrected chi connectivity index (χ0v) is 15.6. The highest BCUT2D eigenvalue weighted by Gasteiger charge is 2.56. The second kappa shape index (κ2) is 7.64. The summed E-state index contributed by atoms with van der Waals surface area (Å²) in [6.45, 7) is 1.44. The molecular formula is C21H20N2O5. The van der Waals surface area contributed by atoms with Crippen LogP contribution in [0.1, 0.15) is 40.5 Å². The fourth-order valence-corrected chi connectivity index (χ4v) is 2.84. The summed E-state index contributed by atoms with van der Waals surface area (Å²) in [7, 11) is 1.28. The maximum atomic E-state index is 12.7. The van der Waals surface area contributed by atoms with Crippen molar-refractivity contribution >= 4 is 34.9 Å². The van der Waals surface area contributed by atoms with Crippen molar-refractivity contribution in [1.82, 2.24) is 0 Å². The Labute approximate surface area is 162 Å². The molecule has 2 N–H and O–H groups in total. The molecule has 7 heteroatoms. The van der Waals surface area contributed by atoms with Gasteiger partial charge in [-0.3, -0.25) is 14.4 Å². The van der Waals surface area contributed by atoms with Gasteiger partial charge < -0.3 is 15.4 Å². The van der Waals surface area contributed by atoms with Gasteiger partial charge in [-0.2, -0.15) is 0 Å². The van der Waals surface area contributed by atoms with E-state index in [1.807, 2.05) is 0 Å². The quantitative estimate of drug-likeness (QED) is 0.456. The number of hydrogen-bond donors (Lipinski definition) is 2. The molecule has 1 saturated carbocycles. The van der Waals surface area contributed by atoms with E-state index in [-0.39, 0.29) is 5.78 Å². The van der Waals surface area contributed by atoms with Crippen LogP contribution in [0, 0.1) is 5.41 Å². The Bertz CT molecular complexity index is 963. The van der Waals surface area contributed by atoms with E-state index in [1.165, 1.54) is 20.1 Å². The summed E-state index contributed by atoms with van der Waals surface area (Å²) in [6.07, 6.45) is 0.849. The molecule has 2 amide bonds. The average Bonchev–Trinajstić information content (AvgIpc) is 3.50. The predicted molar refractivity (Wildman–Crippen MR) is 103 cm³/mol. The van der Waals surface area contributed by atoms with Crippen molar-refractivity contribution in [2.75, 3.05) is 17.7 Å². The standard InChI is InChI=1S/C21H20N2O5/c1-13(24)14-5-3-7-16(11-14)22-19(26)21(9-10-21)20(27)23-17-8-4-6-15(12-17)18(25)28-2/h3-8,11-12H,9-10H2,1-2H3,(H,22,26)(H,23,27). The van der Waals surface area contributed by atoms with Gasteiger partial charge in [0.05, 0.1) is 12.7 Å². The number of Topliss-reactive ketones (excluding diaryl/α,β-unsaturated/α-hetero) is 1. The van der Waals surface area contributed by atoms with E-state index in [1.54, 1.807) is 42.5 Å². The minimum atomic E-state index is -1.16. The molecule has 0 bridgehead atoms. The first-order valence-electron chi connectivity index (χ1n) is 8.78. The van der Waals surface area contributed by atoms with E-state index in [0.29, 0.717) is 35.3 Å². The highest BCUT2D eigenvalue weighted by Crippen LogP contribution is 2.47. The van der Waals surface area contributed by atoms with Crippen molar-refractivity contribution in [2.45, 2.75) is 19.8 Å². The molecule has 0 heterocycles. The van der Waals surface area contributed by atoms with Crippen LogP contribution in [-0.2, 0) is 14.3 Å². The molecule has 0 radical (unpaired) electrons. The first kappa shape index (κ1) is 19.3. The van der Waals surface area contributed by atoms with Gasteiger partial charge in [-0.1, -0.05) is 18.2 Å². The third kappa shape index (κ3) is 3.93. The molecule has 0 saturated heterocycles. The number of benzene rings is 2. The minimum absolute atomic E-state index is 0.111. The monoisotopic (exact) mass is 380 g/mol. The number of ether oxygens (including phenoxy) is 1. The molecule has 2 aromatic carbocycles. The van der Waals surface area contributed by atoms with Crippen molar-refractivity contribution in [3.63, 3.8) is 0 Å². The normalized spacial score (nSPS) is 13.9. The number of hydrogen-bond acceptors (Lipinski definition) is 5. The summed E-state index contributed by atoms with van der Waals surface area (Å²) in [5.74, 6) is -1.48. The second-order valence-corrected chi connectivity index (χ2v) is 6.70. The van der Waals surface area contributed by atoms with Crippen LogP contribution in [0.25, 0.3) is 0 Å². The molecule has 144 valence electrons. The Balaban J connectivity index is 1.71. The Kier molecular flexibility index (Phi) is 5.26. The molecule has 1 fully saturated rings. The minimum Gasteiger partial charge on any atom is -0.465 e. The molecule has 0 aromatic heterocycles. The fraction of sp³-hybridized carbons (Fsp3) is 0.238. The molecule has 0 atom stereocenters. The number of carbonyl (C=O) groups excluding carboxylic acids is 4. The Hall–Kier alpha value is -3.48. The zero-order chi connectivity index (χ0) is 20.3. The second-order valence-electron chi connectivity index (χ2n) is 6.70. The summed E-state index contributed by atoms with van der Waals surface area (Å²) in [5, 5.41) is 5.42. The summed E-state index contributed by atoms with van der Waals surface area (Å²) in [6, 6.07) is 12.9. The third-order valence-corrected chi connectivity index (χ3v) is 4.69. The zero-order valence-electron chi connectivity index (χ0n) is 15.6. The van der Waals surface area contributed by atoms with Crippen LogP contribution in [0.4, 0.5) is 11.4 Å². The predicted octanol–water partition coefficient (Wildman–Crippen LogP) is 3.03. The van der Waals surface area contributed by atoms with E-state index in [2.05, 4.69) is 15.4 Å². The van der Waals surface area contributed by atoms with Crippen molar-refractivity contribution in [1.29, 1.82) is 0 Å². The Morgan fingerprint density at radius 3 is 1.82 bits per heavy atom. The number of carbonyl (C=O) groups is 4. The third-order valence-electron chi connectivity index (χ3n) is 4.69. The van der Waals surface area contributed by atoms with E-state index < -0.39 is 23.2 Å². The lowest BCUT2D eigenvalue weighted by atomic mass is 10.0.